The summed E-state index contributed by atoms with van der Waals surface area (Å²) in [6.45, 7) is 5.74. The lowest BCUT2D eigenvalue weighted by Crippen LogP contribution is -2.57. The van der Waals surface area contributed by atoms with Gasteiger partial charge in [0.15, 0.2) is 0 Å². The summed E-state index contributed by atoms with van der Waals surface area (Å²) in [4.78, 5) is 44.0. The Hall–Kier alpha value is -3.36. The van der Waals surface area contributed by atoms with Crippen LogP contribution < -0.4 is 10.6 Å². The van der Waals surface area contributed by atoms with Crippen LogP contribution >= 0.6 is 11.8 Å². The van der Waals surface area contributed by atoms with E-state index in [0.29, 0.717) is 11.4 Å². The van der Waals surface area contributed by atoms with Crippen molar-refractivity contribution in [2.45, 2.75) is 49.3 Å². The number of aliphatic hydroxyl groups excluding tert-OH is 1. The first-order valence-electron chi connectivity index (χ1n) is 14.0. The maximum atomic E-state index is 14.4. The summed E-state index contributed by atoms with van der Waals surface area (Å²) in [5.74, 6) is -1.89. The van der Waals surface area contributed by atoms with E-state index in [4.69, 9.17) is 0 Å². The van der Waals surface area contributed by atoms with Gasteiger partial charge in [0.1, 0.15) is 6.04 Å². The largest absolute Gasteiger partial charge is 0.394 e. The lowest BCUT2D eigenvalue weighted by molar-refractivity contribution is -0.142. The van der Waals surface area contributed by atoms with Crippen molar-refractivity contribution < 1.29 is 19.5 Å². The third-order valence-electron chi connectivity index (χ3n) is 9.11. The second kappa shape index (κ2) is 10.2. The quantitative estimate of drug-likeness (QED) is 0.389. The number of carbonyl (C=O) groups excluding carboxylic acids is 3. The molecule has 7 atom stereocenters. The molecule has 3 aliphatic heterocycles. The van der Waals surface area contributed by atoms with Gasteiger partial charge in [0.25, 0.3) is 0 Å². The number of likely N-dealkylation sites (tertiary alicyclic amines) is 1. The number of amides is 3. The first kappa shape index (κ1) is 26.8. The zero-order chi connectivity index (χ0) is 28.2. The highest BCUT2D eigenvalue weighted by Crippen LogP contribution is 2.69. The minimum absolute atomic E-state index is 0.0427. The Morgan fingerprint density at radius 3 is 2.35 bits per heavy atom. The summed E-state index contributed by atoms with van der Waals surface area (Å²) in [6, 6.07) is 21.7. The Morgan fingerprint density at radius 1 is 0.975 bits per heavy atom. The van der Waals surface area contributed by atoms with Crippen molar-refractivity contribution in [3.05, 3.63) is 72.8 Å². The van der Waals surface area contributed by atoms with Crippen molar-refractivity contribution >= 4 is 51.6 Å². The SMILES string of the molecule is CC(C)[C@H](CO)N1C(=O)[C@@H]2[C@@H](C(=O)Nc3ccccc3)[C@H]3CC(C)C2(S3)C1C(=O)Nc1ccc2ccccc2c1. The molecule has 3 heterocycles. The van der Waals surface area contributed by atoms with Gasteiger partial charge in [-0.1, -0.05) is 69.3 Å². The summed E-state index contributed by atoms with van der Waals surface area (Å²) in [7, 11) is 0. The van der Waals surface area contributed by atoms with Gasteiger partial charge in [0.05, 0.1) is 29.2 Å². The smallest absolute Gasteiger partial charge is 0.248 e. The molecule has 6 rings (SSSR count). The van der Waals surface area contributed by atoms with E-state index >= 15 is 0 Å². The van der Waals surface area contributed by atoms with E-state index in [1.807, 2.05) is 86.6 Å². The molecule has 0 saturated carbocycles. The van der Waals surface area contributed by atoms with Gasteiger partial charge >= 0.3 is 0 Å². The molecule has 3 aromatic rings. The molecule has 0 aliphatic carbocycles. The third-order valence-corrected chi connectivity index (χ3v) is 11.2. The van der Waals surface area contributed by atoms with Gasteiger partial charge in [-0.05, 0) is 53.3 Å². The van der Waals surface area contributed by atoms with Gasteiger partial charge in [0, 0.05) is 16.6 Å². The summed E-state index contributed by atoms with van der Waals surface area (Å²) >= 11 is 1.64. The van der Waals surface area contributed by atoms with E-state index in [2.05, 4.69) is 17.6 Å². The van der Waals surface area contributed by atoms with Gasteiger partial charge < -0.3 is 20.6 Å². The fraction of sp³-hybridized carbons (Fsp3) is 0.406. The summed E-state index contributed by atoms with van der Waals surface area (Å²) in [5.41, 5.74) is 1.34. The second-order valence-corrected chi connectivity index (χ2v) is 13.2. The molecule has 40 heavy (non-hydrogen) atoms. The van der Waals surface area contributed by atoms with Crippen LogP contribution in [0, 0.1) is 23.7 Å². The van der Waals surface area contributed by atoms with Gasteiger partial charge in [0.2, 0.25) is 17.7 Å². The van der Waals surface area contributed by atoms with E-state index in [-0.39, 0.29) is 41.4 Å². The van der Waals surface area contributed by atoms with Gasteiger partial charge in [-0.15, -0.1) is 11.8 Å². The molecule has 208 valence electrons. The van der Waals surface area contributed by atoms with Crippen molar-refractivity contribution in [1.82, 2.24) is 4.90 Å². The third kappa shape index (κ3) is 4.11. The molecule has 3 amide bonds. The van der Waals surface area contributed by atoms with Crippen molar-refractivity contribution in [1.29, 1.82) is 0 Å². The first-order chi connectivity index (χ1) is 19.3. The predicted octanol–water partition coefficient (Wildman–Crippen LogP) is 4.77. The van der Waals surface area contributed by atoms with Crippen molar-refractivity contribution in [3.63, 3.8) is 0 Å². The highest BCUT2D eigenvalue weighted by atomic mass is 32.2. The number of nitrogens with one attached hydrogen (secondary N) is 2. The molecule has 0 radical (unpaired) electrons. The molecular formula is C32H35N3O4S. The zero-order valence-corrected chi connectivity index (χ0v) is 23.7. The molecule has 3 saturated heterocycles. The monoisotopic (exact) mass is 557 g/mol. The maximum Gasteiger partial charge on any atom is 0.248 e. The maximum absolute atomic E-state index is 14.4. The van der Waals surface area contributed by atoms with Crippen LogP contribution in [0.15, 0.2) is 72.8 Å². The molecule has 0 aromatic heterocycles. The molecule has 7 nitrogen and oxygen atoms in total. The highest BCUT2D eigenvalue weighted by Gasteiger charge is 2.76. The Labute approximate surface area is 238 Å². The summed E-state index contributed by atoms with van der Waals surface area (Å²) in [6.07, 6.45) is 0.750. The second-order valence-electron chi connectivity index (χ2n) is 11.7. The highest BCUT2D eigenvalue weighted by molar-refractivity contribution is 8.02. The Balaban J connectivity index is 1.39. The van der Waals surface area contributed by atoms with Crippen LogP contribution in [0.5, 0.6) is 0 Å². The number of fused-ring (bicyclic) bond motifs is 2. The number of hydrogen-bond donors (Lipinski definition) is 3. The van der Waals surface area contributed by atoms with Gasteiger partial charge in [-0.2, -0.15) is 0 Å². The number of hydrogen-bond acceptors (Lipinski definition) is 5. The normalized spacial score (nSPS) is 29.6. The number of thioether (sulfide) groups is 1. The number of carbonyl (C=O) groups is 3. The fourth-order valence-corrected chi connectivity index (χ4v) is 9.67. The van der Waals surface area contributed by atoms with E-state index in [1.165, 1.54) is 0 Å². The lowest BCUT2D eigenvalue weighted by Gasteiger charge is -2.40. The molecule has 3 N–H and O–H groups in total. The molecule has 3 aliphatic rings. The van der Waals surface area contributed by atoms with Gasteiger partial charge in [-0.25, -0.2) is 0 Å². The Kier molecular flexibility index (Phi) is 6.87. The van der Waals surface area contributed by atoms with E-state index in [9.17, 15) is 19.5 Å². The number of para-hydroxylation sites is 1. The number of benzene rings is 3. The van der Waals surface area contributed by atoms with Crippen LogP contribution in [0.4, 0.5) is 11.4 Å². The van der Waals surface area contributed by atoms with Crippen LogP contribution in [-0.4, -0.2) is 56.4 Å². The average Bonchev–Trinajstić information content (AvgIpc) is 3.53. The predicted molar refractivity (Wildman–Crippen MR) is 159 cm³/mol. The molecule has 1 spiro atoms. The molecule has 3 fully saturated rings. The molecule has 2 bridgehead atoms. The van der Waals surface area contributed by atoms with Gasteiger partial charge in [-0.3, -0.25) is 14.4 Å². The topological polar surface area (TPSA) is 98.7 Å². The average molecular weight is 558 g/mol. The number of anilines is 2. The van der Waals surface area contributed by atoms with Crippen molar-refractivity contribution in [3.8, 4) is 0 Å². The van der Waals surface area contributed by atoms with Crippen LogP contribution in [0.2, 0.25) is 0 Å². The van der Waals surface area contributed by atoms with Crippen LogP contribution in [0.3, 0.4) is 0 Å². The van der Waals surface area contributed by atoms with E-state index in [0.717, 1.165) is 17.2 Å². The minimum Gasteiger partial charge on any atom is -0.394 e. The standard InChI is InChI=1S/C32H35N3O4S/c1-18(2)24(17-36)35-28(30(38)34-23-14-13-20-9-7-8-10-21(20)16-23)32-19(3)15-25(40-32)26(27(32)31(35)39)29(37)33-22-11-5-4-6-12-22/h4-14,16,18-19,24-28,36H,15,17H2,1-3H3,(H,33,37)(H,34,38)/t19?,24-,25+,26-,27-,28?,32?/m0/s1. The number of rotatable bonds is 7. The zero-order valence-electron chi connectivity index (χ0n) is 22.9. The van der Waals surface area contributed by atoms with Crippen LogP contribution in [0.1, 0.15) is 27.2 Å². The lowest BCUT2D eigenvalue weighted by atomic mass is 9.66. The fourth-order valence-electron chi connectivity index (χ4n) is 7.26. The Morgan fingerprint density at radius 2 is 1.65 bits per heavy atom. The van der Waals surface area contributed by atoms with Crippen molar-refractivity contribution in [2.75, 3.05) is 17.2 Å². The van der Waals surface area contributed by atoms with E-state index in [1.54, 1.807) is 16.7 Å². The number of aliphatic hydroxyl groups is 1. The minimum atomic E-state index is -0.810. The van der Waals surface area contributed by atoms with Crippen LogP contribution in [0.25, 0.3) is 10.8 Å². The molecule has 8 heteroatoms. The number of nitrogens with zero attached hydrogens (tertiary/aromatic N) is 1. The molecule has 3 aromatic carbocycles. The van der Waals surface area contributed by atoms with Crippen molar-refractivity contribution in [2.24, 2.45) is 23.7 Å². The first-order valence-corrected chi connectivity index (χ1v) is 14.9. The molecule has 3 unspecified atom stereocenters. The molecular weight excluding hydrogens is 522 g/mol. The van der Waals surface area contributed by atoms with E-state index < -0.39 is 28.7 Å². The summed E-state index contributed by atoms with van der Waals surface area (Å²) in [5, 5.41) is 18.6. The van der Waals surface area contributed by atoms with Crippen LogP contribution in [-0.2, 0) is 14.4 Å². The Bertz CT molecular complexity index is 1460. The summed E-state index contributed by atoms with van der Waals surface area (Å²) < 4.78 is -0.760.